The van der Waals surface area contributed by atoms with Gasteiger partial charge < -0.3 is 9.31 Å². The van der Waals surface area contributed by atoms with Crippen molar-refractivity contribution < 1.29 is 48.8 Å². The molecule has 5 rings (SSSR count). The van der Waals surface area contributed by atoms with Gasteiger partial charge in [0.2, 0.25) is 5.69 Å². The average Bonchev–Trinajstić information content (AvgIpc) is 3.34. The summed E-state index contributed by atoms with van der Waals surface area (Å²) < 4.78 is 128. The number of nitrogens with zero attached hydrogens (tertiary/aromatic N) is 5. The van der Waals surface area contributed by atoms with Crippen molar-refractivity contribution >= 4 is 34.2 Å². The van der Waals surface area contributed by atoms with Gasteiger partial charge in [-0.1, -0.05) is 22.0 Å². The van der Waals surface area contributed by atoms with E-state index < -0.39 is 70.5 Å². The van der Waals surface area contributed by atoms with Crippen LogP contribution in [-0.2, 0) is 21.7 Å². The molecule has 0 atom stereocenters. The molecule has 0 N–H and O–H groups in total. The minimum atomic E-state index is -4.79. The lowest BCUT2D eigenvalue weighted by Gasteiger charge is -2.32. The van der Waals surface area contributed by atoms with Crippen LogP contribution in [-0.4, -0.2) is 18.3 Å². The highest BCUT2D eigenvalue weighted by atomic mass is 79.9. The summed E-state index contributed by atoms with van der Waals surface area (Å²) in [5.74, 6) is -3.57. The fraction of sp³-hybridized carbons (Fsp3) is 0.216. The first kappa shape index (κ1) is 43.6. The molecule has 1 aliphatic heterocycles. The molecule has 55 heavy (non-hydrogen) atoms. The molecule has 0 spiro atoms. The van der Waals surface area contributed by atoms with E-state index >= 15 is 0 Å². The molecule has 1 fully saturated rings. The van der Waals surface area contributed by atoms with E-state index in [4.69, 9.17) is 36.9 Å². The van der Waals surface area contributed by atoms with E-state index in [1.165, 1.54) is 24.3 Å². The second-order valence-electron chi connectivity index (χ2n) is 12.3. The Kier molecular flexibility index (Phi) is 13.2. The van der Waals surface area contributed by atoms with Gasteiger partial charge in [0.15, 0.2) is 5.82 Å². The van der Waals surface area contributed by atoms with Crippen LogP contribution in [0.4, 0.5) is 45.2 Å². The van der Waals surface area contributed by atoms with Crippen molar-refractivity contribution in [3.05, 3.63) is 127 Å². The third kappa shape index (κ3) is 10.0. The van der Waals surface area contributed by atoms with E-state index in [2.05, 4.69) is 20.8 Å². The maximum atomic E-state index is 13.9. The molecule has 18 heteroatoms. The van der Waals surface area contributed by atoms with Crippen LogP contribution < -0.4 is 5.46 Å². The summed E-state index contributed by atoms with van der Waals surface area (Å²) in [6, 6.07) is 16.8. The lowest BCUT2D eigenvalue weighted by atomic mass is 9.77. The van der Waals surface area contributed by atoms with Gasteiger partial charge in [0, 0.05) is 4.47 Å². The number of benzene rings is 4. The van der Waals surface area contributed by atoms with Crippen LogP contribution in [0, 0.1) is 69.3 Å². The highest BCUT2D eigenvalue weighted by molar-refractivity contribution is 9.10. The Labute approximate surface area is 317 Å². The fourth-order valence-electron chi connectivity index (χ4n) is 4.67. The van der Waals surface area contributed by atoms with Crippen molar-refractivity contribution in [1.82, 2.24) is 0 Å². The predicted octanol–water partition coefficient (Wildman–Crippen LogP) is 10.3. The van der Waals surface area contributed by atoms with E-state index in [0.717, 1.165) is 24.3 Å². The van der Waals surface area contributed by atoms with E-state index in [0.29, 0.717) is 17.6 Å². The average molecular weight is 830 g/mol. The molecular formula is C37H22BBrF9N5O2. The molecule has 1 heterocycles. The van der Waals surface area contributed by atoms with Crippen LogP contribution in [0.25, 0.3) is 16.0 Å². The van der Waals surface area contributed by atoms with Crippen molar-refractivity contribution in [2.45, 2.75) is 51.2 Å². The number of hydrogen-bond donors (Lipinski definition) is 0. The number of hydrogen-bond acceptors (Lipinski definition) is 6. The van der Waals surface area contributed by atoms with Crippen LogP contribution in [0.2, 0.25) is 0 Å². The van der Waals surface area contributed by atoms with Crippen LogP contribution in [0.3, 0.4) is 0 Å². The molecular weight excluding hydrogens is 808 g/mol. The molecule has 1 aliphatic rings. The summed E-state index contributed by atoms with van der Waals surface area (Å²) in [5.41, 5.74) is -4.62. The molecule has 0 bridgehead atoms. The van der Waals surface area contributed by atoms with Gasteiger partial charge in [-0.2, -0.15) is 47.4 Å². The quantitative estimate of drug-likeness (QED) is 0.113. The zero-order chi connectivity index (χ0) is 41.7. The molecule has 1 saturated heterocycles. The van der Waals surface area contributed by atoms with E-state index in [9.17, 15) is 39.5 Å². The first-order valence-corrected chi connectivity index (χ1v) is 16.0. The molecule has 4 aromatic carbocycles. The van der Waals surface area contributed by atoms with Crippen molar-refractivity contribution in [2.24, 2.45) is 0 Å². The maximum absolute atomic E-state index is 13.9. The molecule has 0 amide bonds. The standard InChI is InChI=1S/C15H5F5N2.C14H14BFN2O2.C8H3BrF3N/c1-22-13-6-9(5-12(16)14(13)17)10-3-2-8(7-21)4-11(10)15(18,19)20;1-13(2)14(3,4)20-15(19-13)10-5-9(7-17)11(8-18)12(16)6-10;9-7-2-1-5(4-13)3-6(7)8(10,11)12/h2-6H;5-6H,1-4H3;1-3H. The molecule has 7 nitrogen and oxygen atoms in total. The third-order valence-electron chi connectivity index (χ3n) is 8.17. The molecule has 0 aromatic heterocycles. The minimum absolute atomic E-state index is 0.00414. The maximum Gasteiger partial charge on any atom is 0.494 e. The van der Waals surface area contributed by atoms with Gasteiger partial charge in [0.05, 0.1) is 57.7 Å². The summed E-state index contributed by atoms with van der Waals surface area (Å²) in [5, 5.41) is 34.9. The zero-order valence-corrected chi connectivity index (χ0v) is 30.3. The first-order valence-electron chi connectivity index (χ1n) is 15.2. The van der Waals surface area contributed by atoms with Gasteiger partial charge in [-0.15, -0.1) is 0 Å². The largest absolute Gasteiger partial charge is 0.494 e. The minimum Gasteiger partial charge on any atom is -0.399 e. The Morgan fingerprint density at radius 2 is 1.22 bits per heavy atom. The second kappa shape index (κ2) is 16.7. The molecule has 0 unspecified atom stereocenters. The Bertz CT molecular complexity index is 2330. The van der Waals surface area contributed by atoms with Crippen LogP contribution >= 0.6 is 15.9 Å². The van der Waals surface area contributed by atoms with Crippen molar-refractivity contribution in [1.29, 1.82) is 21.0 Å². The number of halogens is 10. The third-order valence-corrected chi connectivity index (χ3v) is 8.86. The van der Waals surface area contributed by atoms with Crippen LogP contribution in [0.1, 0.15) is 61.1 Å². The van der Waals surface area contributed by atoms with Crippen molar-refractivity contribution in [3.63, 3.8) is 0 Å². The molecule has 280 valence electrons. The van der Waals surface area contributed by atoms with Gasteiger partial charge in [-0.05, 0) is 98.9 Å². The normalized spacial score (nSPS) is 14.0. The highest BCUT2D eigenvalue weighted by Gasteiger charge is 2.52. The molecule has 0 saturated carbocycles. The predicted molar refractivity (Wildman–Crippen MR) is 183 cm³/mol. The number of alkyl halides is 6. The second-order valence-corrected chi connectivity index (χ2v) is 13.2. The van der Waals surface area contributed by atoms with E-state index in [-0.39, 0.29) is 32.3 Å². The van der Waals surface area contributed by atoms with Gasteiger partial charge in [-0.3, -0.25) is 0 Å². The topological polar surface area (TPSA) is 118 Å². The van der Waals surface area contributed by atoms with E-state index in [1.54, 1.807) is 18.2 Å². The lowest BCUT2D eigenvalue weighted by molar-refractivity contribution is -0.138. The van der Waals surface area contributed by atoms with Gasteiger partial charge in [0.25, 0.3) is 0 Å². The fourth-order valence-corrected chi connectivity index (χ4v) is 5.14. The highest BCUT2D eigenvalue weighted by Crippen LogP contribution is 2.40. The first-order chi connectivity index (χ1) is 25.4. The number of nitriles is 4. The van der Waals surface area contributed by atoms with Gasteiger partial charge in [-0.25, -0.2) is 18.0 Å². The van der Waals surface area contributed by atoms with Crippen molar-refractivity contribution in [2.75, 3.05) is 0 Å². The Balaban J connectivity index is 0.000000229. The molecule has 4 aromatic rings. The van der Waals surface area contributed by atoms with Crippen molar-refractivity contribution in [3.8, 4) is 35.4 Å². The van der Waals surface area contributed by atoms with E-state index in [1.807, 2.05) is 33.8 Å². The monoisotopic (exact) mass is 829 g/mol. The Morgan fingerprint density at radius 3 is 1.69 bits per heavy atom. The molecule has 0 radical (unpaired) electrons. The molecule has 0 aliphatic carbocycles. The summed E-state index contributed by atoms with van der Waals surface area (Å²) >= 11 is 2.77. The van der Waals surface area contributed by atoms with Crippen LogP contribution in [0.15, 0.2) is 65.1 Å². The zero-order valence-electron chi connectivity index (χ0n) is 28.7. The Morgan fingerprint density at radius 1 is 0.691 bits per heavy atom. The summed E-state index contributed by atoms with van der Waals surface area (Å²) in [7, 11) is -0.755. The smallest absolute Gasteiger partial charge is 0.399 e. The number of rotatable bonds is 2. The Hall–Kier alpha value is -5.84. The summed E-state index contributed by atoms with van der Waals surface area (Å²) in [6.45, 7) is 14.3. The summed E-state index contributed by atoms with van der Waals surface area (Å²) in [6.07, 6.45) is -9.21. The summed E-state index contributed by atoms with van der Waals surface area (Å²) in [4.78, 5) is 2.74. The SMILES string of the molecule is CC1(C)OB(c2cc(F)c(C#N)c(C#N)c2)OC1(C)C.N#Cc1ccc(Br)c(C(F)(F)F)c1.[C-]#[N+]c1cc(-c2ccc(C#N)cc2C(F)(F)F)cc(F)c1F. The van der Waals surface area contributed by atoms with Gasteiger partial charge >= 0.3 is 19.5 Å². The lowest BCUT2D eigenvalue weighted by Crippen LogP contribution is -2.41. The van der Waals surface area contributed by atoms with Crippen LogP contribution in [0.5, 0.6) is 0 Å². The van der Waals surface area contributed by atoms with Gasteiger partial charge in [0.1, 0.15) is 29.3 Å².